The Morgan fingerprint density at radius 2 is 1.94 bits per heavy atom. The van der Waals surface area contributed by atoms with Crippen LogP contribution in [-0.4, -0.2) is 26.2 Å². The SMILES string of the molecule is CNc1cc(Cl)c(OC)c([N+](=O)[O-])c1OC. The van der Waals surface area contributed by atoms with E-state index in [0.717, 1.165) is 0 Å². The molecule has 0 saturated carbocycles. The van der Waals surface area contributed by atoms with Gasteiger partial charge in [-0.1, -0.05) is 11.6 Å². The van der Waals surface area contributed by atoms with E-state index in [9.17, 15) is 10.1 Å². The van der Waals surface area contributed by atoms with E-state index in [1.54, 1.807) is 7.05 Å². The average molecular weight is 247 g/mol. The number of hydrogen-bond acceptors (Lipinski definition) is 5. The standard InChI is InChI=1S/C9H11ClN2O4/c1-11-6-4-5(10)8(15-2)7(12(13)14)9(6)16-3/h4,11H,1-3H3. The number of benzene rings is 1. The third-order valence-corrected chi connectivity index (χ3v) is 2.30. The van der Waals surface area contributed by atoms with Crippen LogP contribution in [0.25, 0.3) is 0 Å². The zero-order chi connectivity index (χ0) is 12.3. The first kappa shape index (κ1) is 12.4. The fourth-order valence-electron chi connectivity index (χ4n) is 1.35. The number of ether oxygens (including phenoxy) is 2. The molecule has 1 aromatic rings. The van der Waals surface area contributed by atoms with Gasteiger partial charge in [0, 0.05) is 7.05 Å². The summed E-state index contributed by atoms with van der Waals surface area (Å²) in [7, 11) is 4.27. The van der Waals surface area contributed by atoms with Gasteiger partial charge in [-0.2, -0.15) is 0 Å². The second-order valence-corrected chi connectivity index (χ2v) is 3.24. The van der Waals surface area contributed by atoms with Crippen LogP contribution in [0.2, 0.25) is 5.02 Å². The van der Waals surface area contributed by atoms with Crippen molar-refractivity contribution in [3.63, 3.8) is 0 Å². The van der Waals surface area contributed by atoms with E-state index < -0.39 is 4.92 Å². The highest BCUT2D eigenvalue weighted by Crippen LogP contribution is 2.46. The molecule has 0 aliphatic carbocycles. The van der Waals surface area contributed by atoms with Crippen LogP contribution in [0.5, 0.6) is 11.5 Å². The lowest BCUT2D eigenvalue weighted by Gasteiger charge is -2.12. The lowest BCUT2D eigenvalue weighted by Crippen LogP contribution is -2.02. The fraction of sp³-hybridized carbons (Fsp3) is 0.333. The fourth-order valence-corrected chi connectivity index (χ4v) is 1.63. The Balaban J connectivity index is 3.60. The third-order valence-electron chi connectivity index (χ3n) is 2.02. The van der Waals surface area contributed by atoms with E-state index in [2.05, 4.69) is 5.32 Å². The van der Waals surface area contributed by atoms with Gasteiger partial charge < -0.3 is 14.8 Å². The van der Waals surface area contributed by atoms with Gasteiger partial charge in [-0.3, -0.25) is 10.1 Å². The number of nitro groups is 1. The van der Waals surface area contributed by atoms with Gasteiger partial charge in [-0.25, -0.2) is 0 Å². The minimum atomic E-state index is -0.593. The van der Waals surface area contributed by atoms with Gasteiger partial charge in [0.05, 0.1) is 29.9 Å². The molecule has 0 aliphatic heterocycles. The van der Waals surface area contributed by atoms with Crippen molar-refractivity contribution in [3.8, 4) is 11.5 Å². The Labute approximate surface area is 97.3 Å². The van der Waals surface area contributed by atoms with E-state index in [0.29, 0.717) is 5.69 Å². The first-order valence-corrected chi connectivity index (χ1v) is 4.71. The summed E-state index contributed by atoms with van der Waals surface area (Å²) in [4.78, 5) is 10.3. The van der Waals surface area contributed by atoms with Crippen LogP contribution in [0.3, 0.4) is 0 Å². The lowest BCUT2D eigenvalue weighted by atomic mass is 10.2. The second-order valence-electron chi connectivity index (χ2n) is 2.83. The Morgan fingerprint density at radius 3 is 2.31 bits per heavy atom. The van der Waals surface area contributed by atoms with E-state index in [1.165, 1.54) is 20.3 Å². The molecule has 1 N–H and O–H groups in total. The second kappa shape index (κ2) is 4.89. The summed E-state index contributed by atoms with van der Waals surface area (Å²) in [6.07, 6.45) is 0. The van der Waals surface area contributed by atoms with Gasteiger partial charge in [0.1, 0.15) is 0 Å². The van der Waals surface area contributed by atoms with Crippen molar-refractivity contribution in [2.75, 3.05) is 26.6 Å². The van der Waals surface area contributed by atoms with Gasteiger partial charge in [0.25, 0.3) is 0 Å². The summed E-state index contributed by atoms with van der Waals surface area (Å²) < 4.78 is 9.88. The molecular weight excluding hydrogens is 236 g/mol. The number of methoxy groups -OCH3 is 2. The molecule has 0 spiro atoms. The normalized spacial score (nSPS) is 9.75. The Kier molecular flexibility index (Phi) is 3.78. The van der Waals surface area contributed by atoms with Gasteiger partial charge in [0.2, 0.25) is 11.5 Å². The van der Waals surface area contributed by atoms with E-state index in [4.69, 9.17) is 21.1 Å². The summed E-state index contributed by atoms with van der Waals surface area (Å²) in [5.74, 6) is 0.0799. The maximum absolute atomic E-state index is 10.9. The Bertz CT molecular complexity index is 422. The van der Waals surface area contributed by atoms with Crippen LogP contribution in [0, 0.1) is 10.1 Å². The van der Waals surface area contributed by atoms with E-state index >= 15 is 0 Å². The Hall–Kier alpha value is -1.69. The monoisotopic (exact) mass is 246 g/mol. The minimum Gasteiger partial charge on any atom is -0.489 e. The van der Waals surface area contributed by atoms with Crippen molar-refractivity contribution < 1.29 is 14.4 Å². The average Bonchev–Trinajstić information content (AvgIpc) is 2.27. The molecule has 88 valence electrons. The molecule has 0 saturated heterocycles. The van der Waals surface area contributed by atoms with Crippen LogP contribution in [0.15, 0.2) is 6.07 Å². The number of halogens is 1. The summed E-state index contributed by atoms with van der Waals surface area (Å²) in [5, 5.41) is 13.9. The molecule has 0 heterocycles. The highest BCUT2D eigenvalue weighted by molar-refractivity contribution is 6.33. The number of nitro benzene ring substituents is 1. The zero-order valence-electron chi connectivity index (χ0n) is 9.04. The van der Waals surface area contributed by atoms with Crippen molar-refractivity contribution in [3.05, 3.63) is 21.2 Å². The molecule has 1 rings (SSSR count). The van der Waals surface area contributed by atoms with Crippen molar-refractivity contribution in [1.29, 1.82) is 0 Å². The predicted molar refractivity (Wildman–Crippen MR) is 60.8 cm³/mol. The largest absolute Gasteiger partial charge is 0.489 e. The maximum atomic E-state index is 10.9. The molecule has 6 nitrogen and oxygen atoms in total. The predicted octanol–water partition coefficient (Wildman–Crippen LogP) is 2.31. The summed E-state index contributed by atoms with van der Waals surface area (Å²) in [6.45, 7) is 0. The molecule has 0 radical (unpaired) electrons. The molecule has 16 heavy (non-hydrogen) atoms. The quantitative estimate of drug-likeness (QED) is 0.652. The zero-order valence-corrected chi connectivity index (χ0v) is 9.79. The highest BCUT2D eigenvalue weighted by Gasteiger charge is 2.28. The molecule has 0 aliphatic rings. The lowest BCUT2D eigenvalue weighted by molar-refractivity contribution is -0.386. The maximum Gasteiger partial charge on any atom is 0.356 e. The number of anilines is 1. The smallest absolute Gasteiger partial charge is 0.356 e. The first-order valence-electron chi connectivity index (χ1n) is 4.33. The third kappa shape index (κ3) is 1.96. The van der Waals surface area contributed by atoms with Crippen molar-refractivity contribution in [2.45, 2.75) is 0 Å². The van der Waals surface area contributed by atoms with Gasteiger partial charge in [0.15, 0.2) is 0 Å². The van der Waals surface area contributed by atoms with Crippen LogP contribution < -0.4 is 14.8 Å². The Morgan fingerprint density at radius 1 is 1.38 bits per heavy atom. The van der Waals surface area contributed by atoms with Gasteiger partial charge in [-0.15, -0.1) is 0 Å². The number of hydrogen-bond donors (Lipinski definition) is 1. The molecule has 0 aromatic heterocycles. The van der Waals surface area contributed by atoms with E-state index in [-0.39, 0.29) is 22.2 Å². The molecule has 0 amide bonds. The summed E-state index contributed by atoms with van der Waals surface area (Å²) in [5.41, 5.74) is 0.141. The van der Waals surface area contributed by atoms with Crippen LogP contribution in [0.1, 0.15) is 0 Å². The number of nitrogens with one attached hydrogen (secondary N) is 1. The number of nitrogens with zero attached hydrogens (tertiary/aromatic N) is 1. The molecular formula is C9H11ClN2O4. The first-order chi connectivity index (χ1) is 7.56. The van der Waals surface area contributed by atoms with Crippen molar-refractivity contribution in [1.82, 2.24) is 0 Å². The molecule has 0 bridgehead atoms. The molecule has 1 aromatic carbocycles. The van der Waals surface area contributed by atoms with Gasteiger partial charge in [-0.05, 0) is 6.07 Å². The molecule has 7 heteroatoms. The van der Waals surface area contributed by atoms with Gasteiger partial charge >= 0.3 is 5.69 Å². The minimum absolute atomic E-state index is 0.0116. The summed E-state index contributed by atoms with van der Waals surface area (Å²) >= 11 is 5.86. The molecule has 0 fully saturated rings. The number of rotatable bonds is 4. The van der Waals surface area contributed by atoms with Crippen molar-refractivity contribution in [2.24, 2.45) is 0 Å². The van der Waals surface area contributed by atoms with Crippen LogP contribution in [-0.2, 0) is 0 Å². The summed E-state index contributed by atoms with van der Waals surface area (Å²) in [6, 6.07) is 1.51. The highest BCUT2D eigenvalue weighted by atomic mass is 35.5. The van der Waals surface area contributed by atoms with E-state index in [1.807, 2.05) is 0 Å². The van der Waals surface area contributed by atoms with Crippen LogP contribution >= 0.6 is 11.6 Å². The molecule has 0 unspecified atom stereocenters. The van der Waals surface area contributed by atoms with Crippen molar-refractivity contribution >= 4 is 23.0 Å². The molecule has 0 atom stereocenters. The van der Waals surface area contributed by atoms with Crippen LogP contribution in [0.4, 0.5) is 11.4 Å². The topological polar surface area (TPSA) is 73.6 Å².